The second kappa shape index (κ2) is 8.12. The molecular formula is C21H23NO5. The molecule has 6 heteroatoms. The Kier molecular flexibility index (Phi) is 5.64. The van der Waals surface area contributed by atoms with Crippen molar-refractivity contribution in [2.45, 2.75) is 26.7 Å². The number of fused-ring (bicyclic) bond motifs is 3. The fraction of sp³-hybridized carbons (Fsp3) is 0.333. The first-order valence-electron chi connectivity index (χ1n) is 8.92. The maximum Gasteiger partial charge on any atom is 0.306 e. The van der Waals surface area contributed by atoms with Crippen molar-refractivity contribution in [2.24, 2.45) is 5.92 Å². The van der Waals surface area contributed by atoms with E-state index in [1.165, 1.54) is 7.11 Å². The number of esters is 1. The predicted molar refractivity (Wildman–Crippen MR) is 104 cm³/mol. The average Bonchev–Trinajstić information content (AvgIpc) is 3.01. The van der Waals surface area contributed by atoms with Crippen molar-refractivity contribution in [2.75, 3.05) is 19.0 Å². The Morgan fingerprint density at radius 1 is 1.11 bits per heavy atom. The molecule has 0 saturated heterocycles. The van der Waals surface area contributed by atoms with Crippen molar-refractivity contribution >= 4 is 39.5 Å². The maximum absolute atomic E-state index is 12.2. The minimum atomic E-state index is -0.429. The molecule has 0 aliphatic heterocycles. The Hall–Kier alpha value is -3.02. The van der Waals surface area contributed by atoms with Gasteiger partial charge in [0.15, 0.2) is 6.61 Å². The molecule has 0 atom stereocenters. The lowest BCUT2D eigenvalue weighted by molar-refractivity contribution is -0.147. The van der Waals surface area contributed by atoms with Crippen LogP contribution < -0.4 is 10.1 Å². The molecule has 1 N–H and O–H groups in total. The molecule has 0 radical (unpaired) electrons. The fourth-order valence-electron chi connectivity index (χ4n) is 2.83. The summed E-state index contributed by atoms with van der Waals surface area (Å²) < 4.78 is 16.3. The largest absolute Gasteiger partial charge is 0.495 e. The maximum atomic E-state index is 12.2. The van der Waals surface area contributed by atoms with Gasteiger partial charge in [0.25, 0.3) is 5.91 Å². The lowest BCUT2D eigenvalue weighted by Crippen LogP contribution is -2.21. The van der Waals surface area contributed by atoms with Crippen molar-refractivity contribution in [1.29, 1.82) is 0 Å². The molecular weight excluding hydrogens is 346 g/mol. The summed E-state index contributed by atoms with van der Waals surface area (Å²) >= 11 is 0. The van der Waals surface area contributed by atoms with Crippen molar-refractivity contribution in [1.82, 2.24) is 0 Å². The SMILES string of the molecule is COc1cc2c(cc1NC(=O)COC(=O)CCC(C)C)oc1ccccc12. The molecule has 3 rings (SSSR count). The Morgan fingerprint density at radius 2 is 1.89 bits per heavy atom. The van der Waals surface area contributed by atoms with E-state index in [-0.39, 0.29) is 12.6 Å². The van der Waals surface area contributed by atoms with Crippen LogP contribution in [0.1, 0.15) is 26.7 Å². The summed E-state index contributed by atoms with van der Waals surface area (Å²) in [7, 11) is 1.53. The molecule has 1 amide bonds. The van der Waals surface area contributed by atoms with Gasteiger partial charge in [0.05, 0.1) is 12.8 Å². The normalized spacial score (nSPS) is 11.1. The molecule has 0 unspecified atom stereocenters. The molecule has 0 bridgehead atoms. The number of hydrogen-bond donors (Lipinski definition) is 1. The summed E-state index contributed by atoms with van der Waals surface area (Å²) in [6.45, 7) is 3.72. The first-order chi connectivity index (χ1) is 13.0. The van der Waals surface area contributed by atoms with Gasteiger partial charge < -0.3 is 19.2 Å². The first-order valence-corrected chi connectivity index (χ1v) is 8.92. The number of methoxy groups -OCH3 is 1. The van der Waals surface area contributed by atoms with Crippen LogP contribution in [-0.4, -0.2) is 25.6 Å². The van der Waals surface area contributed by atoms with Gasteiger partial charge in [-0.2, -0.15) is 0 Å². The summed E-state index contributed by atoms with van der Waals surface area (Å²) in [5.74, 6) is 0.111. The van der Waals surface area contributed by atoms with Gasteiger partial charge in [0, 0.05) is 23.3 Å². The van der Waals surface area contributed by atoms with Gasteiger partial charge in [-0.3, -0.25) is 9.59 Å². The number of anilines is 1. The number of carbonyl (C=O) groups excluding carboxylic acids is 2. The van der Waals surface area contributed by atoms with Gasteiger partial charge in [-0.15, -0.1) is 0 Å². The zero-order chi connectivity index (χ0) is 19.4. The summed E-state index contributed by atoms with van der Waals surface area (Å²) in [5.41, 5.74) is 1.87. The lowest BCUT2D eigenvalue weighted by Gasteiger charge is -2.11. The Balaban J connectivity index is 1.73. The Labute approximate surface area is 157 Å². The number of nitrogens with one attached hydrogen (secondary N) is 1. The van der Waals surface area contributed by atoms with E-state index < -0.39 is 5.91 Å². The standard InChI is InChI=1S/C21H23NO5/c1-13(2)8-9-21(24)26-12-20(23)22-16-11-18-15(10-19(16)25-3)14-6-4-5-7-17(14)27-18/h4-7,10-11,13H,8-9,12H2,1-3H3,(H,22,23). The van der Waals surface area contributed by atoms with Crippen LogP contribution in [0.15, 0.2) is 40.8 Å². The third-order valence-electron chi connectivity index (χ3n) is 4.26. The van der Waals surface area contributed by atoms with Gasteiger partial charge in [-0.05, 0) is 24.5 Å². The van der Waals surface area contributed by atoms with Crippen LogP contribution in [-0.2, 0) is 14.3 Å². The smallest absolute Gasteiger partial charge is 0.306 e. The Bertz CT molecular complexity index is 973. The van der Waals surface area contributed by atoms with E-state index in [0.717, 1.165) is 22.8 Å². The zero-order valence-corrected chi connectivity index (χ0v) is 15.7. The summed E-state index contributed by atoms with van der Waals surface area (Å²) in [4.78, 5) is 23.8. The van der Waals surface area contributed by atoms with E-state index in [9.17, 15) is 9.59 Å². The number of furan rings is 1. The molecule has 0 aliphatic carbocycles. The summed E-state index contributed by atoms with van der Waals surface area (Å²) in [6, 6.07) is 11.2. The third kappa shape index (κ3) is 4.39. The van der Waals surface area contributed by atoms with Crippen LogP contribution in [0.4, 0.5) is 5.69 Å². The van der Waals surface area contributed by atoms with Crippen molar-refractivity contribution in [3.8, 4) is 5.75 Å². The second-order valence-electron chi connectivity index (χ2n) is 6.79. The topological polar surface area (TPSA) is 77.8 Å². The van der Waals surface area contributed by atoms with Gasteiger partial charge >= 0.3 is 5.97 Å². The van der Waals surface area contributed by atoms with E-state index in [2.05, 4.69) is 5.32 Å². The lowest BCUT2D eigenvalue weighted by atomic mass is 10.1. The van der Waals surface area contributed by atoms with E-state index in [4.69, 9.17) is 13.9 Å². The quantitative estimate of drug-likeness (QED) is 0.620. The fourth-order valence-corrected chi connectivity index (χ4v) is 2.83. The number of amides is 1. The molecule has 142 valence electrons. The van der Waals surface area contributed by atoms with E-state index >= 15 is 0 Å². The van der Waals surface area contributed by atoms with Crippen LogP contribution in [0, 0.1) is 5.92 Å². The number of para-hydroxylation sites is 1. The molecule has 3 aromatic rings. The molecule has 27 heavy (non-hydrogen) atoms. The predicted octanol–water partition coefficient (Wildman–Crippen LogP) is 4.51. The Morgan fingerprint density at radius 3 is 2.63 bits per heavy atom. The molecule has 2 aromatic carbocycles. The van der Waals surface area contributed by atoms with Crippen LogP contribution in [0.5, 0.6) is 5.75 Å². The first kappa shape index (κ1) is 18.8. The van der Waals surface area contributed by atoms with Crippen molar-refractivity contribution in [3.63, 3.8) is 0 Å². The minimum absolute atomic E-state index is 0.305. The zero-order valence-electron chi connectivity index (χ0n) is 15.7. The van der Waals surface area contributed by atoms with E-state index in [1.807, 2.05) is 44.2 Å². The highest BCUT2D eigenvalue weighted by Gasteiger charge is 2.15. The molecule has 0 fully saturated rings. The minimum Gasteiger partial charge on any atom is -0.495 e. The van der Waals surface area contributed by atoms with Crippen molar-refractivity contribution < 1.29 is 23.5 Å². The average molecular weight is 369 g/mol. The third-order valence-corrected chi connectivity index (χ3v) is 4.26. The van der Waals surface area contributed by atoms with Gasteiger partial charge in [-0.1, -0.05) is 32.0 Å². The summed E-state index contributed by atoms with van der Waals surface area (Å²) in [5, 5.41) is 4.60. The van der Waals surface area contributed by atoms with E-state index in [1.54, 1.807) is 6.07 Å². The molecule has 1 heterocycles. The number of benzene rings is 2. The van der Waals surface area contributed by atoms with Crippen LogP contribution in [0.2, 0.25) is 0 Å². The number of rotatable bonds is 7. The molecule has 1 aromatic heterocycles. The second-order valence-corrected chi connectivity index (χ2v) is 6.79. The van der Waals surface area contributed by atoms with Gasteiger partial charge in [0.2, 0.25) is 0 Å². The summed E-state index contributed by atoms with van der Waals surface area (Å²) in [6.07, 6.45) is 1.04. The van der Waals surface area contributed by atoms with Crippen LogP contribution in [0.25, 0.3) is 21.9 Å². The van der Waals surface area contributed by atoms with Crippen LogP contribution in [0.3, 0.4) is 0 Å². The van der Waals surface area contributed by atoms with Gasteiger partial charge in [0.1, 0.15) is 16.9 Å². The van der Waals surface area contributed by atoms with Crippen LogP contribution >= 0.6 is 0 Å². The molecule has 0 saturated carbocycles. The van der Waals surface area contributed by atoms with E-state index in [0.29, 0.717) is 29.4 Å². The molecule has 0 spiro atoms. The monoisotopic (exact) mass is 369 g/mol. The molecule has 0 aliphatic rings. The van der Waals surface area contributed by atoms with Crippen molar-refractivity contribution in [3.05, 3.63) is 36.4 Å². The van der Waals surface area contributed by atoms with Gasteiger partial charge in [-0.25, -0.2) is 0 Å². The molecule has 6 nitrogen and oxygen atoms in total. The number of ether oxygens (including phenoxy) is 2. The highest BCUT2D eigenvalue weighted by molar-refractivity contribution is 6.07. The highest BCUT2D eigenvalue weighted by Crippen LogP contribution is 2.36. The number of hydrogen-bond acceptors (Lipinski definition) is 5. The highest BCUT2D eigenvalue weighted by atomic mass is 16.5. The number of carbonyl (C=O) groups is 2.